The summed E-state index contributed by atoms with van der Waals surface area (Å²) in [4.78, 5) is 8.31. The summed E-state index contributed by atoms with van der Waals surface area (Å²) in [6.45, 7) is 9.02. The van der Waals surface area contributed by atoms with Gasteiger partial charge >= 0.3 is 0 Å². The number of benzene rings is 1. The summed E-state index contributed by atoms with van der Waals surface area (Å²) in [5.74, 6) is -0.182. The molecule has 0 amide bonds. The lowest BCUT2D eigenvalue weighted by Gasteiger charge is -2.06. The Morgan fingerprint density at radius 2 is 2.00 bits per heavy atom. The van der Waals surface area contributed by atoms with Gasteiger partial charge in [0, 0.05) is 5.56 Å². The lowest BCUT2D eigenvalue weighted by Crippen LogP contribution is -2.34. The Balaban J connectivity index is 2.76. The van der Waals surface area contributed by atoms with Gasteiger partial charge in [-0.15, -0.1) is 11.3 Å². The topological polar surface area (TPSA) is 89.3 Å². The van der Waals surface area contributed by atoms with Gasteiger partial charge in [-0.1, -0.05) is 48.0 Å². The average molecular weight is 438 g/mol. The Hall–Kier alpha value is -2.61. The minimum absolute atomic E-state index is 0.0161. The molecule has 0 atom stereocenters. The van der Waals surface area contributed by atoms with Crippen LogP contribution >= 0.6 is 34.5 Å². The van der Waals surface area contributed by atoms with Gasteiger partial charge < -0.3 is 16.8 Å². The second-order valence-corrected chi connectivity index (χ2v) is 7.35. The third-order valence-corrected chi connectivity index (χ3v) is 5.05. The van der Waals surface area contributed by atoms with Gasteiger partial charge in [-0.2, -0.15) is 0 Å². The first-order valence-electron chi connectivity index (χ1n) is 7.90. The number of aliphatic imine (C=N–C) groups is 1. The SMILES string of the molecule is C=C/C(F)=c1/nc(-c2c(Cl)cccc2Cl)s/c1=C(/N)N/C(=C/C(=C)C)N=CN. The highest BCUT2D eigenvalue weighted by atomic mass is 35.5. The van der Waals surface area contributed by atoms with Gasteiger partial charge in [0.2, 0.25) is 0 Å². The van der Waals surface area contributed by atoms with E-state index in [1.165, 1.54) is 0 Å². The summed E-state index contributed by atoms with van der Waals surface area (Å²) in [7, 11) is 0. The van der Waals surface area contributed by atoms with E-state index in [4.69, 9.17) is 34.7 Å². The molecule has 146 valence electrons. The average Bonchev–Trinajstić information content (AvgIpc) is 3.05. The van der Waals surface area contributed by atoms with Crippen molar-refractivity contribution in [2.75, 3.05) is 0 Å². The molecule has 0 unspecified atom stereocenters. The van der Waals surface area contributed by atoms with E-state index < -0.39 is 5.83 Å². The van der Waals surface area contributed by atoms with Crippen molar-refractivity contribution in [2.24, 2.45) is 16.5 Å². The zero-order chi connectivity index (χ0) is 20.8. The molecule has 2 rings (SSSR count). The van der Waals surface area contributed by atoms with E-state index in [-0.39, 0.29) is 11.2 Å². The van der Waals surface area contributed by atoms with Crippen LogP contribution < -0.4 is 26.7 Å². The lowest BCUT2D eigenvalue weighted by molar-refractivity contribution is 0.755. The first-order chi connectivity index (χ1) is 13.3. The molecule has 0 spiro atoms. The van der Waals surface area contributed by atoms with E-state index in [1.54, 1.807) is 31.2 Å². The molecular weight excluding hydrogens is 420 g/mol. The van der Waals surface area contributed by atoms with Crippen LogP contribution in [0.2, 0.25) is 10.0 Å². The maximum atomic E-state index is 14.4. The molecule has 0 aliphatic rings. The molecule has 0 radical (unpaired) electrons. The summed E-state index contributed by atoms with van der Waals surface area (Å²) < 4.78 is 14.7. The molecule has 0 fully saturated rings. The number of rotatable bonds is 6. The number of thiazole rings is 1. The van der Waals surface area contributed by atoms with Crippen molar-refractivity contribution in [2.45, 2.75) is 6.92 Å². The molecule has 0 aliphatic carbocycles. The van der Waals surface area contributed by atoms with Crippen molar-refractivity contribution >= 4 is 52.5 Å². The molecule has 5 nitrogen and oxygen atoms in total. The first-order valence-corrected chi connectivity index (χ1v) is 9.47. The van der Waals surface area contributed by atoms with Crippen molar-refractivity contribution in [1.29, 1.82) is 0 Å². The van der Waals surface area contributed by atoms with E-state index in [1.807, 2.05) is 0 Å². The number of hydrogen-bond acceptors (Lipinski definition) is 5. The van der Waals surface area contributed by atoms with Gasteiger partial charge in [-0.3, -0.25) is 0 Å². The molecule has 28 heavy (non-hydrogen) atoms. The van der Waals surface area contributed by atoms with Gasteiger partial charge in [0.05, 0.1) is 20.9 Å². The van der Waals surface area contributed by atoms with Gasteiger partial charge in [0.1, 0.15) is 27.8 Å². The lowest BCUT2D eigenvalue weighted by atomic mass is 10.2. The normalized spacial score (nSPS) is 14.1. The predicted octanol–water partition coefficient (Wildman–Crippen LogP) is 3.40. The number of halogens is 3. The Morgan fingerprint density at radius 1 is 1.36 bits per heavy atom. The van der Waals surface area contributed by atoms with E-state index in [9.17, 15) is 4.39 Å². The Labute approximate surface area is 175 Å². The molecule has 5 N–H and O–H groups in total. The van der Waals surface area contributed by atoms with E-state index in [0.717, 1.165) is 29.3 Å². The van der Waals surface area contributed by atoms with Crippen LogP contribution in [0.15, 0.2) is 59.9 Å². The van der Waals surface area contributed by atoms with Gasteiger partial charge in [0.15, 0.2) is 0 Å². The number of nitrogens with zero attached hydrogens (tertiary/aromatic N) is 2. The van der Waals surface area contributed by atoms with Crippen LogP contribution in [0.25, 0.3) is 22.2 Å². The predicted molar refractivity (Wildman–Crippen MR) is 118 cm³/mol. The van der Waals surface area contributed by atoms with Gasteiger partial charge in [-0.05, 0) is 31.2 Å². The summed E-state index contributed by atoms with van der Waals surface area (Å²) in [5.41, 5.74) is 12.7. The highest BCUT2D eigenvalue weighted by Crippen LogP contribution is 2.34. The molecule has 0 saturated heterocycles. The monoisotopic (exact) mass is 437 g/mol. The van der Waals surface area contributed by atoms with Crippen LogP contribution in [-0.4, -0.2) is 11.3 Å². The van der Waals surface area contributed by atoms with E-state index in [2.05, 4.69) is 28.5 Å². The minimum Gasteiger partial charge on any atom is -0.390 e. The highest BCUT2D eigenvalue weighted by Gasteiger charge is 2.15. The number of allylic oxidation sites excluding steroid dienone is 3. The smallest absolute Gasteiger partial charge is 0.149 e. The van der Waals surface area contributed by atoms with Crippen LogP contribution in [0, 0.1) is 0 Å². The minimum atomic E-state index is -0.641. The fourth-order valence-corrected chi connectivity index (χ4v) is 3.93. The van der Waals surface area contributed by atoms with Gasteiger partial charge in [-0.25, -0.2) is 14.4 Å². The molecule has 2 aromatic rings. The number of nitrogens with one attached hydrogen (secondary N) is 1. The van der Waals surface area contributed by atoms with Crippen LogP contribution in [0.3, 0.4) is 0 Å². The van der Waals surface area contributed by atoms with Crippen LogP contribution in [0.1, 0.15) is 6.92 Å². The molecule has 0 aliphatic heterocycles. The van der Waals surface area contributed by atoms with Crippen LogP contribution in [0.4, 0.5) is 4.39 Å². The molecule has 1 heterocycles. The first kappa shape index (κ1) is 21.7. The van der Waals surface area contributed by atoms with E-state index >= 15 is 0 Å². The Morgan fingerprint density at radius 3 is 2.54 bits per heavy atom. The molecule has 9 heteroatoms. The maximum Gasteiger partial charge on any atom is 0.149 e. The van der Waals surface area contributed by atoms with Crippen molar-refractivity contribution in [3.05, 3.63) is 74.8 Å². The van der Waals surface area contributed by atoms with Crippen molar-refractivity contribution in [1.82, 2.24) is 10.3 Å². The number of hydrogen-bond donors (Lipinski definition) is 3. The van der Waals surface area contributed by atoms with E-state index in [0.29, 0.717) is 31.0 Å². The fraction of sp³-hybridized carbons (Fsp3) is 0.0526. The van der Waals surface area contributed by atoms with Crippen LogP contribution in [0.5, 0.6) is 0 Å². The quantitative estimate of drug-likeness (QED) is 0.367. The molecule has 1 aromatic heterocycles. The standard InChI is InChI=1S/C19H18Cl2FN5S/c1-4-13(22)16-17(18(24)26-14(25-9-23)8-10(2)3)28-19(27-16)15-11(20)6-5-7-12(15)21/h4-9,26H,1-2,24H2,3H3,(H2,23,25)/b14-8+,16-13-,18-17-. The van der Waals surface area contributed by atoms with Gasteiger partial charge in [0.25, 0.3) is 0 Å². The molecular formula is C19H18Cl2FN5S. The number of nitrogens with two attached hydrogens (primary N) is 2. The second-order valence-electron chi connectivity index (χ2n) is 5.54. The summed E-state index contributed by atoms with van der Waals surface area (Å²) >= 11 is 13.6. The summed E-state index contributed by atoms with van der Waals surface area (Å²) in [5, 5.41) is 4.09. The number of aromatic nitrogens is 1. The third kappa shape index (κ3) is 5.01. The van der Waals surface area contributed by atoms with Crippen LogP contribution in [-0.2, 0) is 0 Å². The highest BCUT2D eigenvalue weighted by molar-refractivity contribution is 7.13. The maximum absolute atomic E-state index is 14.4. The zero-order valence-corrected chi connectivity index (χ0v) is 17.3. The molecule has 0 saturated carbocycles. The molecule has 1 aromatic carbocycles. The fourth-order valence-electron chi connectivity index (χ4n) is 2.18. The second kappa shape index (κ2) is 9.54. The largest absolute Gasteiger partial charge is 0.390 e. The third-order valence-electron chi connectivity index (χ3n) is 3.31. The zero-order valence-electron chi connectivity index (χ0n) is 15.0. The van der Waals surface area contributed by atoms with Crippen molar-refractivity contribution in [3.63, 3.8) is 0 Å². The van der Waals surface area contributed by atoms with Crippen molar-refractivity contribution < 1.29 is 4.39 Å². The Bertz CT molecular complexity index is 1080. The molecule has 0 bridgehead atoms. The summed E-state index contributed by atoms with van der Waals surface area (Å²) in [6, 6.07) is 5.06. The Kier molecular flexibility index (Phi) is 7.39. The van der Waals surface area contributed by atoms with Crippen molar-refractivity contribution in [3.8, 4) is 10.6 Å². The summed E-state index contributed by atoms with van der Waals surface area (Å²) in [6.07, 6.45) is 3.79.